The fraction of sp³-hybridized carbons (Fsp3) is 0.318. The van der Waals surface area contributed by atoms with Gasteiger partial charge in [0.2, 0.25) is 0 Å². The van der Waals surface area contributed by atoms with E-state index in [1.165, 1.54) is 42.0 Å². The van der Waals surface area contributed by atoms with E-state index in [0.717, 1.165) is 13.1 Å². The van der Waals surface area contributed by atoms with E-state index in [1.807, 2.05) is 6.20 Å². The number of hydrogen-bond donors (Lipinski definition) is 1. The SMILES string of the molecule is CN(c1ccccc1)c1ccc(CN2CCC[C@H](c3ccn[nH]3)C2)cc1. The summed E-state index contributed by atoms with van der Waals surface area (Å²) in [5.74, 6) is 0.578. The Kier molecular flexibility index (Phi) is 5.02. The highest BCUT2D eigenvalue weighted by Crippen LogP contribution is 2.27. The van der Waals surface area contributed by atoms with E-state index >= 15 is 0 Å². The fourth-order valence-corrected chi connectivity index (χ4v) is 3.83. The first-order valence-corrected chi connectivity index (χ1v) is 9.39. The van der Waals surface area contributed by atoms with Crippen molar-refractivity contribution in [3.63, 3.8) is 0 Å². The van der Waals surface area contributed by atoms with Crippen molar-refractivity contribution in [2.24, 2.45) is 0 Å². The zero-order chi connectivity index (χ0) is 17.8. The maximum atomic E-state index is 4.11. The van der Waals surface area contributed by atoms with Crippen LogP contribution >= 0.6 is 0 Å². The Bertz CT molecular complexity index is 796. The van der Waals surface area contributed by atoms with E-state index in [0.29, 0.717) is 5.92 Å². The van der Waals surface area contributed by atoms with E-state index in [4.69, 9.17) is 0 Å². The third kappa shape index (κ3) is 3.81. The van der Waals surface area contributed by atoms with Gasteiger partial charge in [0.05, 0.1) is 0 Å². The topological polar surface area (TPSA) is 35.2 Å². The third-order valence-electron chi connectivity index (χ3n) is 5.34. The molecule has 134 valence electrons. The number of aromatic amines is 1. The fourth-order valence-electron chi connectivity index (χ4n) is 3.83. The first-order chi connectivity index (χ1) is 12.8. The molecule has 0 aliphatic carbocycles. The molecule has 26 heavy (non-hydrogen) atoms. The molecule has 1 saturated heterocycles. The van der Waals surface area contributed by atoms with Crippen molar-refractivity contribution in [3.05, 3.63) is 78.1 Å². The van der Waals surface area contributed by atoms with Crippen molar-refractivity contribution in [3.8, 4) is 0 Å². The maximum Gasteiger partial charge on any atom is 0.0490 e. The van der Waals surface area contributed by atoms with Gasteiger partial charge in [0.1, 0.15) is 0 Å². The Morgan fingerprint density at radius 1 is 1.04 bits per heavy atom. The first-order valence-electron chi connectivity index (χ1n) is 9.39. The highest BCUT2D eigenvalue weighted by molar-refractivity contribution is 5.62. The number of H-pyrrole nitrogens is 1. The molecule has 0 radical (unpaired) electrons. The van der Waals surface area contributed by atoms with Gasteiger partial charge in [-0.15, -0.1) is 0 Å². The van der Waals surface area contributed by atoms with Crippen LogP contribution < -0.4 is 4.90 Å². The quantitative estimate of drug-likeness (QED) is 0.736. The number of piperidine rings is 1. The molecule has 4 heteroatoms. The van der Waals surface area contributed by atoms with Gasteiger partial charge in [0.15, 0.2) is 0 Å². The van der Waals surface area contributed by atoms with Crippen LogP contribution in [0.4, 0.5) is 11.4 Å². The summed E-state index contributed by atoms with van der Waals surface area (Å²) < 4.78 is 0. The van der Waals surface area contributed by atoms with Crippen LogP contribution in [0.3, 0.4) is 0 Å². The summed E-state index contributed by atoms with van der Waals surface area (Å²) in [5.41, 5.74) is 5.07. The lowest BCUT2D eigenvalue weighted by Crippen LogP contribution is -2.34. The molecule has 0 unspecified atom stereocenters. The molecule has 2 aromatic carbocycles. The minimum absolute atomic E-state index is 0.578. The predicted octanol–water partition coefficient (Wildman–Crippen LogP) is 4.56. The van der Waals surface area contributed by atoms with Gasteiger partial charge in [-0.1, -0.05) is 30.3 Å². The smallest absolute Gasteiger partial charge is 0.0490 e. The second-order valence-corrected chi connectivity index (χ2v) is 7.15. The largest absolute Gasteiger partial charge is 0.345 e. The average molecular weight is 346 g/mol. The number of nitrogens with one attached hydrogen (secondary N) is 1. The van der Waals surface area contributed by atoms with Crippen LogP contribution in [0, 0.1) is 0 Å². The standard InChI is InChI=1S/C22H26N4/c1-25(20-7-3-2-4-8-20)21-11-9-18(10-12-21)16-26-15-5-6-19(17-26)22-13-14-23-24-22/h2-4,7-14,19H,5-6,15-17H2,1H3,(H,23,24)/t19-/m0/s1. The van der Waals surface area contributed by atoms with Crippen LogP contribution in [0.1, 0.15) is 30.0 Å². The Hall–Kier alpha value is -2.59. The predicted molar refractivity (Wildman–Crippen MR) is 107 cm³/mol. The molecule has 1 atom stereocenters. The zero-order valence-electron chi connectivity index (χ0n) is 15.3. The van der Waals surface area contributed by atoms with Gasteiger partial charge in [0.25, 0.3) is 0 Å². The molecular weight excluding hydrogens is 320 g/mol. The number of para-hydroxylation sites is 1. The van der Waals surface area contributed by atoms with Crippen molar-refractivity contribution in [1.82, 2.24) is 15.1 Å². The second-order valence-electron chi connectivity index (χ2n) is 7.15. The molecular formula is C22H26N4. The molecule has 1 aliphatic heterocycles. The van der Waals surface area contributed by atoms with Gasteiger partial charge in [-0.3, -0.25) is 10.00 Å². The lowest BCUT2D eigenvalue weighted by molar-refractivity contribution is 0.198. The second kappa shape index (κ2) is 7.75. The van der Waals surface area contributed by atoms with Crippen molar-refractivity contribution in [2.45, 2.75) is 25.3 Å². The number of aromatic nitrogens is 2. The molecule has 0 amide bonds. The van der Waals surface area contributed by atoms with E-state index in [9.17, 15) is 0 Å². The Morgan fingerprint density at radius 2 is 1.81 bits per heavy atom. The van der Waals surface area contributed by atoms with Crippen LogP contribution in [0.15, 0.2) is 66.9 Å². The Labute approximate surface area is 155 Å². The summed E-state index contributed by atoms with van der Waals surface area (Å²) in [4.78, 5) is 4.78. The number of benzene rings is 2. The minimum atomic E-state index is 0.578. The summed E-state index contributed by atoms with van der Waals surface area (Å²) in [6.07, 6.45) is 4.36. The van der Waals surface area contributed by atoms with Gasteiger partial charge in [0, 0.05) is 49.3 Å². The number of nitrogens with zero attached hydrogens (tertiary/aromatic N) is 3. The summed E-state index contributed by atoms with van der Waals surface area (Å²) in [5, 5.41) is 7.25. The van der Waals surface area contributed by atoms with Gasteiger partial charge in [-0.2, -0.15) is 5.10 Å². The van der Waals surface area contributed by atoms with Gasteiger partial charge >= 0.3 is 0 Å². The summed E-state index contributed by atoms with van der Waals surface area (Å²) in [6, 6.07) is 21.5. The average Bonchev–Trinajstić information content (AvgIpc) is 3.24. The van der Waals surface area contributed by atoms with E-state index < -0.39 is 0 Å². The number of anilines is 2. The molecule has 0 saturated carbocycles. The van der Waals surface area contributed by atoms with Crippen LogP contribution in [0.2, 0.25) is 0 Å². The number of likely N-dealkylation sites (tertiary alicyclic amines) is 1. The van der Waals surface area contributed by atoms with Crippen LogP contribution in [0.25, 0.3) is 0 Å². The monoisotopic (exact) mass is 346 g/mol. The third-order valence-corrected chi connectivity index (χ3v) is 5.34. The van der Waals surface area contributed by atoms with Crippen molar-refractivity contribution >= 4 is 11.4 Å². The molecule has 1 aromatic heterocycles. The first kappa shape index (κ1) is 16.9. The van der Waals surface area contributed by atoms with E-state index in [-0.39, 0.29) is 0 Å². The summed E-state index contributed by atoms with van der Waals surface area (Å²) in [6.45, 7) is 3.30. The Morgan fingerprint density at radius 3 is 2.54 bits per heavy atom. The lowest BCUT2D eigenvalue weighted by Gasteiger charge is -2.32. The molecule has 0 bridgehead atoms. The molecule has 0 spiro atoms. The van der Waals surface area contributed by atoms with Crippen LogP contribution in [-0.4, -0.2) is 35.2 Å². The lowest BCUT2D eigenvalue weighted by atomic mass is 9.94. The molecule has 4 rings (SSSR count). The minimum Gasteiger partial charge on any atom is -0.345 e. The molecule has 1 N–H and O–H groups in total. The zero-order valence-corrected chi connectivity index (χ0v) is 15.3. The van der Waals surface area contributed by atoms with Gasteiger partial charge in [-0.25, -0.2) is 0 Å². The van der Waals surface area contributed by atoms with Crippen molar-refractivity contribution in [1.29, 1.82) is 0 Å². The molecule has 1 fully saturated rings. The van der Waals surface area contributed by atoms with Crippen LogP contribution in [-0.2, 0) is 6.54 Å². The maximum absolute atomic E-state index is 4.11. The van der Waals surface area contributed by atoms with Gasteiger partial charge in [-0.05, 0) is 55.3 Å². The Balaban J connectivity index is 1.39. The van der Waals surface area contributed by atoms with Gasteiger partial charge < -0.3 is 4.90 Å². The van der Waals surface area contributed by atoms with E-state index in [1.54, 1.807) is 0 Å². The number of rotatable bonds is 5. The highest BCUT2D eigenvalue weighted by Gasteiger charge is 2.22. The molecule has 3 aromatic rings. The van der Waals surface area contributed by atoms with Crippen molar-refractivity contribution in [2.75, 3.05) is 25.0 Å². The molecule has 4 nitrogen and oxygen atoms in total. The summed E-state index contributed by atoms with van der Waals surface area (Å²) in [7, 11) is 2.12. The number of hydrogen-bond acceptors (Lipinski definition) is 3. The highest BCUT2D eigenvalue weighted by atomic mass is 15.1. The van der Waals surface area contributed by atoms with E-state index in [2.05, 4.69) is 87.7 Å². The molecule has 2 heterocycles. The summed E-state index contributed by atoms with van der Waals surface area (Å²) >= 11 is 0. The van der Waals surface area contributed by atoms with Crippen molar-refractivity contribution < 1.29 is 0 Å². The molecule has 1 aliphatic rings. The van der Waals surface area contributed by atoms with Crippen LogP contribution in [0.5, 0.6) is 0 Å². The normalized spacial score (nSPS) is 18.0.